The summed E-state index contributed by atoms with van der Waals surface area (Å²) in [5.41, 5.74) is 3.44. The first-order chi connectivity index (χ1) is 24.4. The average molecular weight is 883 g/mol. The standard InChI is InChI=1S/C30H29Cl8N7O7/c1-10-25(47)40-6-2-8-42-28(50)14-16(20(34)24(38)22(36)18(14)32)30(52)45-11(4-5-12(39)46)26(48)41-7-3-9-43-27(49)13-15(29(51)44-10)19(33)23(37)21(35)17(13)31/h10-11H,2-9H2,1H3,(H2,39,46)(H,40,47)(H,41,48)(H,42,50)(H,43,49)(H,44,51)(H,45,52)/t10-,11-/m0/s1. The molecule has 22 heteroatoms. The fraction of sp³-hybridized carbons (Fsp3) is 0.367. The van der Waals surface area contributed by atoms with Crippen LogP contribution in [0.3, 0.4) is 0 Å². The Morgan fingerprint density at radius 3 is 1.29 bits per heavy atom. The van der Waals surface area contributed by atoms with Crippen molar-refractivity contribution in [2.75, 3.05) is 26.2 Å². The SMILES string of the molecule is C[C@@H]1NC(=O)c2c(Cl)c(Cl)c(Cl)c(Cl)c2C(=O)NCCCNC(=O)[C@H](CCC(N)=O)NC(=O)c2c(Cl)c(Cl)c(Cl)c(Cl)c2C(=O)NCCCNC1=O. The van der Waals surface area contributed by atoms with Crippen molar-refractivity contribution in [1.82, 2.24) is 31.9 Å². The molecule has 0 spiro atoms. The number of carbonyl (C=O) groups excluding carboxylic acids is 7. The normalized spacial score (nSPS) is 18.7. The van der Waals surface area contributed by atoms with Crippen molar-refractivity contribution < 1.29 is 33.6 Å². The summed E-state index contributed by atoms with van der Waals surface area (Å²) < 4.78 is 0. The van der Waals surface area contributed by atoms with Crippen LogP contribution in [0.25, 0.3) is 0 Å². The molecule has 0 aliphatic carbocycles. The van der Waals surface area contributed by atoms with Crippen molar-refractivity contribution in [2.24, 2.45) is 5.73 Å². The summed E-state index contributed by atoms with van der Waals surface area (Å²) in [7, 11) is 0. The number of fused-ring (bicyclic) bond motifs is 2. The zero-order valence-electron chi connectivity index (χ0n) is 26.8. The lowest BCUT2D eigenvalue weighted by Gasteiger charge is -2.21. The number of amides is 7. The van der Waals surface area contributed by atoms with Crippen molar-refractivity contribution in [3.05, 3.63) is 62.4 Å². The number of nitrogens with one attached hydrogen (secondary N) is 6. The predicted molar refractivity (Wildman–Crippen MR) is 199 cm³/mol. The third-order valence-corrected chi connectivity index (χ3v) is 11.0. The highest BCUT2D eigenvalue weighted by molar-refractivity contribution is 6.55. The molecule has 8 N–H and O–H groups in total. The largest absolute Gasteiger partial charge is 0.370 e. The Morgan fingerprint density at radius 1 is 0.538 bits per heavy atom. The number of hydrogen-bond donors (Lipinski definition) is 7. The second-order valence-electron chi connectivity index (χ2n) is 11.0. The van der Waals surface area contributed by atoms with Crippen molar-refractivity contribution in [2.45, 2.75) is 44.7 Å². The molecule has 0 unspecified atom stereocenters. The molecule has 0 saturated heterocycles. The van der Waals surface area contributed by atoms with E-state index in [1.807, 2.05) is 0 Å². The number of benzene rings is 2. The molecule has 1 aliphatic heterocycles. The van der Waals surface area contributed by atoms with E-state index in [9.17, 15) is 33.6 Å². The first-order valence-electron chi connectivity index (χ1n) is 15.1. The molecular weight excluding hydrogens is 854 g/mol. The monoisotopic (exact) mass is 879 g/mol. The number of primary amides is 1. The van der Waals surface area contributed by atoms with Crippen LogP contribution < -0.4 is 37.6 Å². The second kappa shape index (κ2) is 19.4. The van der Waals surface area contributed by atoms with Crippen LogP contribution in [0.5, 0.6) is 0 Å². The number of carbonyl (C=O) groups is 7. The van der Waals surface area contributed by atoms with E-state index in [2.05, 4.69) is 31.9 Å². The molecule has 0 saturated carbocycles. The van der Waals surface area contributed by atoms with E-state index < -0.39 is 90.8 Å². The van der Waals surface area contributed by atoms with E-state index in [-0.39, 0.29) is 77.0 Å². The van der Waals surface area contributed by atoms with Crippen molar-refractivity contribution in [3.63, 3.8) is 0 Å². The maximum atomic E-state index is 13.6. The fourth-order valence-electron chi connectivity index (χ4n) is 4.69. The Balaban J connectivity index is 1.99. The van der Waals surface area contributed by atoms with E-state index in [0.29, 0.717) is 0 Å². The van der Waals surface area contributed by atoms with Crippen LogP contribution in [0, 0.1) is 0 Å². The summed E-state index contributed by atoms with van der Waals surface area (Å²) in [6, 6.07) is -2.55. The predicted octanol–water partition coefficient (Wildman–Crippen LogP) is 4.58. The van der Waals surface area contributed by atoms with Crippen LogP contribution in [0.4, 0.5) is 0 Å². The minimum Gasteiger partial charge on any atom is -0.370 e. The number of hydrogen-bond acceptors (Lipinski definition) is 7. The van der Waals surface area contributed by atoms with Gasteiger partial charge in [-0.05, 0) is 26.2 Å². The van der Waals surface area contributed by atoms with Crippen LogP contribution in [0.2, 0.25) is 40.2 Å². The highest BCUT2D eigenvalue weighted by atomic mass is 35.5. The van der Waals surface area contributed by atoms with Crippen LogP contribution in [0.1, 0.15) is 74.0 Å². The lowest BCUT2D eigenvalue weighted by Crippen LogP contribution is -2.48. The molecular formula is C30H29Cl8N7O7. The highest BCUT2D eigenvalue weighted by Crippen LogP contribution is 2.43. The second-order valence-corrected chi connectivity index (χ2v) is 14.1. The first kappa shape index (κ1) is 43.5. The maximum absolute atomic E-state index is 13.6. The van der Waals surface area contributed by atoms with Crippen molar-refractivity contribution in [1.29, 1.82) is 0 Å². The lowest BCUT2D eigenvalue weighted by atomic mass is 10.0. The molecule has 282 valence electrons. The summed E-state index contributed by atoms with van der Waals surface area (Å²) in [6.07, 6.45) is -0.350. The van der Waals surface area contributed by atoms with E-state index >= 15 is 0 Å². The van der Waals surface area contributed by atoms with Crippen molar-refractivity contribution in [3.8, 4) is 0 Å². The molecule has 2 atom stereocenters. The number of rotatable bonds is 3. The molecule has 1 heterocycles. The maximum Gasteiger partial charge on any atom is 0.254 e. The summed E-state index contributed by atoms with van der Waals surface area (Å²) in [5.74, 6) is -5.99. The molecule has 0 bridgehead atoms. The minimum atomic E-state index is -1.38. The zero-order valence-corrected chi connectivity index (χ0v) is 32.8. The Kier molecular flexibility index (Phi) is 16.2. The molecule has 2 aromatic carbocycles. The van der Waals surface area contributed by atoms with Gasteiger partial charge in [-0.15, -0.1) is 0 Å². The highest BCUT2D eigenvalue weighted by Gasteiger charge is 2.33. The van der Waals surface area contributed by atoms with Gasteiger partial charge in [-0.3, -0.25) is 33.6 Å². The molecule has 0 fully saturated rings. The van der Waals surface area contributed by atoms with Gasteiger partial charge in [0, 0.05) is 32.6 Å². The van der Waals surface area contributed by atoms with E-state index in [0.717, 1.165) is 0 Å². The lowest BCUT2D eigenvalue weighted by molar-refractivity contribution is -0.124. The van der Waals surface area contributed by atoms with Crippen molar-refractivity contribution >= 4 is 134 Å². The smallest absolute Gasteiger partial charge is 0.254 e. The van der Waals surface area contributed by atoms with Gasteiger partial charge in [0.15, 0.2) is 0 Å². The summed E-state index contributed by atoms with van der Waals surface area (Å²) >= 11 is 50.2. The molecule has 52 heavy (non-hydrogen) atoms. The van der Waals surface area contributed by atoms with Crippen LogP contribution >= 0.6 is 92.8 Å². The molecule has 3 rings (SSSR count). The van der Waals surface area contributed by atoms with Gasteiger partial charge in [0.2, 0.25) is 17.7 Å². The molecule has 1 aliphatic rings. The number of nitrogens with two attached hydrogens (primary N) is 1. The van der Waals surface area contributed by atoms with Gasteiger partial charge in [0.1, 0.15) is 12.1 Å². The van der Waals surface area contributed by atoms with Gasteiger partial charge in [0.25, 0.3) is 23.6 Å². The first-order valence-corrected chi connectivity index (χ1v) is 18.2. The van der Waals surface area contributed by atoms with Gasteiger partial charge < -0.3 is 37.6 Å². The summed E-state index contributed by atoms with van der Waals surface area (Å²) in [6.45, 7) is 1.11. The molecule has 0 radical (unpaired) electrons. The van der Waals surface area contributed by atoms with E-state index in [1.165, 1.54) is 6.92 Å². The van der Waals surface area contributed by atoms with E-state index in [1.54, 1.807) is 0 Å². The van der Waals surface area contributed by atoms with Gasteiger partial charge in [0.05, 0.1) is 62.4 Å². The Labute approximate surface area is 336 Å². The van der Waals surface area contributed by atoms with Gasteiger partial charge in [-0.1, -0.05) is 92.8 Å². The summed E-state index contributed by atoms with van der Waals surface area (Å²) in [5, 5.41) is 12.2. The number of halogens is 8. The molecule has 14 nitrogen and oxygen atoms in total. The van der Waals surface area contributed by atoms with Gasteiger partial charge >= 0.3 is 0 Å². The Bertz CT molecular complexity index is 1830. The Morgan fingerprint density at radius 2 is 0.885 bits per heavy atom. The molecule has 0 aromatic heterocycles. The van der Waals surface area contributed by atoms with Crippen LogP contribution in [-0.4, -0.2) is 79.6 Å². The Hall–Kier alpha value is -2.95. The quantitative estimate of drug-likeness (QED) is 0.172. The molecule has 2 aromatic rings. The minimum absolute atomic E-state index is 0.00774. The fourth-order valence-corrected chi connectivity index (χ4v) is 6.74. The third-order valence-electron chi connectivity index (χ3n) is 7.36. The zero-order chi connectivity index (χ0) is 39.0. The van der Waals surface area contributed by atoms with Gasteiger partial charge in [-0.25, -0.2) is 0 Å². The van der Waals surface area contributed by atoms with Crippen LogP contribution in [-0.2, 0) is 14.4 Å². The average Bonchev–Trinajstić information content (AvgIpc) is 3.09. The molecule has 7 amide bonds. The summed E-state index contributed by atoms with van der Waals surface area (Å²) in [4.78, 5) is 91.2. The third kappa shape index (κ3) is 10.4. The topological polar surface area (TPSA) is 218 Å². The van der Waals surface area contributed by atoms with E-state index in [4.69, 9.17) is 98.5 Å². The van der Waals surface area contributed by atoms with Crippen LogP contribution in [0.15, 0.2) is 0 Å². The van der Waals surface area contributed by atoms with Gasteiger partial charge in [-0.2, -0.15) is 0 Å².